The van der Waals surface area contributed by atoms with Gasteiger partial charge in [0.25, 0.3) is 5.91 Å². The number of carbonyl (C=O) groups excluding carboxylic acids is 1. The van der Waals surface area contributed by atoms with Gasteiger partial charge < -0.3 is 15.2 Å². The summed E-state index contributed by atoms with van der Waals surface area (Å²) < 4.78 is 5.18. The summed E-state index contributed by atoms with van der Waals surface area (Å²) in [6.07, 6.45) is 0.647. The molecule has 0 aliphatic rings. The van der Waals surface area contributed by atoms with Crippen LogP contribution in [0.25, 0.3) is 0 Å². The molecule has 0 fully saturated rings. The standard InChI is InChI=1S/C14H20N2O5/c1-10(2)7-11(8-17)15-14(18)9-21-13-6-4-3-5-12(13)16(19)20/h3-6,10-11,17H,7-9H2,1-2H3,(H,15,18). The van der Waals surface area contributed by atoms with Gasteiger partial charge in [-0.2, -0.15) is 0 Å². The van der Waals surface area contributed by atoms with E-state index in [0.717, 1.165) is 0 Å². The van der Waals surface area contributed by atoms with Crippen molar-refractivity contribution in [3.63, 3.8) is 0 Å². The normalized spacial score (nSPS) is 12.0. The largest absolute Gasteiger partial charge is 0.477 e. The maximum absolute atomic E-state index is 11.7. The monoisotopic (exact) mass is 296 g/mol. The molecule has 0 saturated carbocycles. The number of nitrogens with one attached hydrogen (secondary N) is 1. The zero-order chi connectivity index (χ0) is 15.8. The van der Waals surface area contributed by atoms with Crippen LogP contribution in [0.5, 0.6) is 5.75 Å². The van der Waals surface area contributed by atoms with E-state index in [0.29, 0.717) is 12.3 Å². The molecule has 0 aromatic heterocycles. The van der Waals surface area contributed by atoms with Gasteiger partial charge in [-0.05, 0) is 18.4 Å². The molecule has 1 amide bonds. The van der Waals surface area contributed by atoms with Crippen molar-refractivity contribution in [1.29, 1.82) is 0 Å². The van der Waals surface area contributed by atoms with Gasteiger partial charge in [-0.15, -0.1) is 0 Å². The molecule has 1 unspecified atom stereocenters. The molecule has 0 bridgehead atoms. The van der Waals surface area contributed by atoms with Gasteiger partial charge in [0.2, 0.25) is 0 Å². The maximum atomic E-state index is 11.7. The first-order chi connectivity index (χ1) is 9.93. The highest BCUT2D eigenvalue weighted by Crippen LogP contribution is 2.25. The van der Waals surface area contributed by atoms with Gasteiger partial charge >= 0.3 is 5.69 Å². The van der Waals surface area contributed by atoms with Crippen LogP contribution in [0, 0.1) is 16.0 Å². The lowest BCUT2D eigenvalue weighted by Crippen LogP contribution is -2.40. The third kappa shape index (κ3) is 5.78. The molecular formula is C14H20N2O5. The van der Waals surface area contributed by atoms with Gasteiger partial charge in [0.05, 0.1) is 17.6 Å². The van der Waals surface area contributed by atoms with Gasteiger partial charge in [0.15, 0.2) is 12.4 Å². The minimum atomic E-state index is -0.567. The number of aliphatic hydroxyl groups is 1. The number of para-hydroxylation sites is 2. The molecule has 7 heteroatoms. The molecule has 0 aliphatic carbocycles. The molecule has 0 saturated heterocycles. The number of rotatable bonds is 8. The molecule has 1 aromatic carbocycles. The summed E-state index contributed by atoms with van der Waals surface area (Å²) in [7, 11) is 0. The molecule has 21 heavy (non-hydrogen) atoms. The van der Waals surface area contributed by atoms with E-state index in [2.05, 4.69) is 5.32 Å². The van der Waals surface area contributed by atoms with Crippen molar-refractivity contribution in [3.05, 3.63) is 34.4 Å². The van der Waals surface area contributed by atoms with Crippen LogP contribution < -0.4 is 10.1 Å². The fraction of sp³-hybridized carbons (Fsp3) is 0.500. The van der Waals surface area contributed by atoms with Crippen LogP contribution >= 0.6 is 0 Å². The number of nitro benzene ring substituents is 1. The smallest absolute Gasteiger partial charge is 0.310 e. The van der Waals surface area contributed by atoms with E-state index in [4.69, 9.17) is 4.74 Å². The van der Waals surface area contributed by atoms with Crippen molar-refractivity contribution in [2.75, 3.05) is 13.2 Å². The van der Waals surface area contributed by atoms with Crippen LogP contribution in [0.1, 0.15) is 20.3 Å². The lowest BCUT2D eigenvalue weighted by Gasteiger charge is -2.18. The molecule has 0 spiro atoms. The number of ether oxygens (including phenoxy) is 1. The Labute approximate surface area is 123 Å². The SMILES string of the molecule is CC(C)CC(CO)NC(=O)COc1ccccc1[N+](=O)[O-]. The first kappa shape index (κ1) is 16.9. The predicted molar refractivity (Wildman–Crippen MR) is 77.1 cm³/mol. The van der Waals surface area contributed by atoms with Crippen molar-refractivity contribution in [1.82, 2.24) is 5.32 Å². The average molecular weight is 296 g/mol. The summed E-state index contributed by atoms with van der Waals surface area (Å²) in [5, 5.41) is 22.6. The molecule has 1 aromatic rings. The molecule has 2 N–H and O–H groups in total. The Kier molecular flexibility index (Phi) is 6.61. The Morgan fingerprint density at radius 3 is 2.67 bits per heavy atom. The number of hydrogen-bond donors (Lipinski definition) is 2. The Bertz CT molecular complexity index is 490. The number of benzene rings is 1. The third-order valence-electron chi connectivity index (χ3n) is 2.76. The molecule has 7 nitrogen and oxygen atoms in total. The van der Waals surface area contributed by atoms with Gasteiger partial charge in [0, 0.05) is 6.07 Å². The number of carbonyl (C=O) groups is 1. The fourth-order valence-electron chi connectivity index (χ4n) is 1.89. The molecule has 116 valence electrons. The Morgan fingerprint density at radius 2 is 2.10 bits per heavy atom. The number of aliphatic hydroxyl groups excluding tert-OH is 1. The highest BCUT2D eigenvalue weighted by Gasteiger charge is 2.17. The first-order valence-corrected chi connectivity index (χ1v) is 6.70. The highest BCUT2D eigenvalue weighted by atomic mass is 16.6. The van der Waals surface area contributed by atoms with Crippen LogP contribution in [0.3, 0.4) is 0 Å². The Balaban J connectivity index is 2.55. The lowest BCUT2D eigenvalue weighted by molar-refractivity contribution is -0.385. The number of nitrogens with zero attached hydrogens (tertiary/aromatic N) is 1. The van der Waals surface area contributed by atoms with Gasteiger partial charge in [-0.1, -0.05) is 26.0 Å². The predicted octanol–water partition coefficient (Wildman–Crippen LogP) is 1.50. The fourth-order valence-corrected chi connectivity index (χ4v) is 1.89. The quantitative estimate of drug-likeness (QED) is 0.559. The summed E-state index contributed by atoms with van der Waals surface area (Å²) >= 11 is 0. The van der Waals surface area contributed by atoms with Gasteiger partial charge in [-0.3, -0.25) is 14.9 Å². The third-order valence-corrected chi connectivity index (χ3v) is 2.76. The zero-order valence-electron chi connectivity index (χ0n) is 12.1. The number of hydrogen-bond acceptors (Lipinski definition) is 5. The summed E-state index contributed by atoms with van der Waals surface area (Å²) in [6.45, 7) is 3.48. The molecular weight excluding hydrogens is 276 g/mol. The second-order valence-electron chi connectivity index (χ2n) is 5.09. The Hall–Kier alpha value is -2.15. The second-order valence-corrected chi connectivity index (χ2v) is 5.09. The van der Waals surface area contributed by atoms with E-state index in [1.54, 1.807) is 6.07 Å². The van der Waals surface area contributed by atoms with E-state index in [1.807, 2.05) is 13.8 Å². The Morgan fingerprint density at radius 1 is 1.43 bits per heavy atom. The minimum Gasteiger partial charge on any atom is -0.477 e. The van der Waals surface area contributed by atoms with Crippen molar-refractivity contribution >= 4 is 11.6 Å². The van der Waals surface area contributed by atoms with Crippen molar-refractivity contribution in [2.24, 2.45) is 5.92 Å². The summed E-state index contributed by atoms with van der Waals surface area (Å²) in [5.41, 5.74) is -0.189. The molecule has 1 atom stereocenters. The van der Waals surface area contributed by atoms with Crippen LogP contribution in [-0.2, 0) is 4.79 Å². The van der Waals surface area contributed by atoms with E-state index in [1.165, 1.54) is 18.2 Å². The number of nitro groups is 1. The minimum absolute atomic E-state index is 0.0436. The first-order valence-electron chi connectivity index (χ1n) is 6.70. The van der Waals surface area contributed by atoms with E-state index >= 15 is 0 Å². The van der Waals surface area contributed by atoms with E-state index < -0.39 is 10.8 Å². The van der Waals surface area contributed by atoms with Crippen LogP contribution in [0.2, 0.25) is 0 Å². The molecule has 0 aliphatic heterocycles. The van der Waals surface area contributed by atoms with Crippen LogP contribution in [0.15, 0.2) is 24.3 Å². The van der Waals surface area contributed by atoms with Crippen molar-refractivity contribution < 1.29 is 19.6 Å². The topological polar surface area (TPSA) is 102 Å². The highest BCUT2D eigenvalue weighted by molar-refractivity contribution is 5.78. The second kappa shape index (κ2) is 8.21. The lowest BCUT2D eigenvalue weighted by atomic mass is 10.0. The van der Waals surface area contributed by atoms with Crippen LogP contribution in [-0.4, -0.2) is 35.2 Å². The van der Waals surface area contributed by atoms with E-state index in [9.17, 15) is 20.0 Å². The zero-order valence-corrected chi connectivity index (χ0v) is 12.1. The molecule has 0 heterocycles. The van der Waals surface area contributed by atoms with Gasteiger partial charge in [-0.25, -0.2) is 0 Å². The number of amides is 1. The maximum Gasteiger partial charge on any atom is 0.310 e. The van der Waals surface area contributed by atoms with Crippen molar-refractivity contribution in [2.45, 2.75) is 26.3 Å². The molecule has 0 radical (unpaired) electrons. The van der Waals surface area contributed by atoms with Crippen molar-refractivity contribution in [3.8, 4) is 5.75 Å². The van der Waals surface area contributed by atoms with Gasteiger partial charge in [0.1, 0.15) is 0 Å². The molecule has 1 rings (SSSR count). The average Bonchev–Trinajstić information content (AvgIpc) is 2.44. The summed E-state index contributed by atoms with van der Waals surface area (Å²) in [6, 6.07) is 5.52. The van der Waals surface area contributed by atoms with Crippen LogP contribution in [0.4, 0.5) is 5.69 Å². The van der Waals surface area contributed by atoms with E-state index in [-0.39, 0.29) is 30.7 Å². The summed E-state index contributed by atoms with van der Waals surface area (Å²) in [4.78, 5) is 22.0. The summed E-state index contributed by atoms with van der Waals surface area (Å²) in [5.74, 6) is -0.0477.